The number of benzene rings is 2. The number of nitrogens with one attached hydrogen (secondary N) is 1. The number of nitrogens with zero attached hydrogens (tertiary/aromatic N) is 3. The third-order valence-electron chi connectivity index (χ3n) is 5.74. The van der Waals surface area contributed by atoms with E-state index in [1.807, 2.05) is 12.1 Å². The Balaban J connectivity index is 1.62. The molecule has 1 fully saturated rings. The molecule has 0 aliphatic carbocycles. The Hall–Kier alpha value is -3.62. The van der Waals surface area contributed by atoms with Crippen molar-refractivity contribution in [3.63, 3.8) is 0 Å². The van der Waals surface area contributed by atoms with E-state index in [0.717, 1.165) is 43.8 Å². The molecular formula is C24H23F3N4O2. The molecule has 0 bridgehead atoms. The minimum atomic E-state index is -4.51. The summed E-state index contributed by atoms with van der Waals surface area (Å²) >= 11 is 0. The molecule has 1 saturated heterocycles. The van der Waals surface area contributed by atoms with E-state index in [9.17, 15) is 22.8 Å². The van der Waals surface area contributed by atoms with E-state index in [1.54, 1.807) is 26.0 Å². The molecule has 2 heterocycles. The molecule has 1 aromatic heterocycles. The van der Waals surface area contributed by atoms with E-state index >= 15 is 0 Å². The second-order valence-corrected chi connectivity index (χ2v) is 8.00. The summed E-state index contributed by atoms with van der Waals surface area (Å²) < 4.78 is 40.6. The first-order chi connectivity index (χ1) is 15.7. The quantitative estimate of drug-likeness (QED) is 0.437. The number of ketones is 1. The van der Waals surface area contributed by atoms with Gasteiger partial charge in [-0.2, -0.15) is 18.3 Å². The first-order valence-electron chi connectivity index (χ1n) is 10.6. The van der Waals surface area contributed by atoms with Gasteiger partial charge in [-0.05, 0) is 57.0 Å². The van der Waals surface area contributed by atoms with Gasteiger partial charge < -0.3 is 10.2 Å². The number of aryl methyl sites for hydroxylation is 1. The zero-order valence-corrected chi connectivity index (χ0v) is 18.2. The lowest BCUT2D eigenvalue weighted by atomic mass is 10.1. The summed E-state index contributed by atoms with van der Waals surface area (Å²) in [6.07, 6.45) is -2.38. The molecule has 1 aliphatic heterocycles. The third-order valence-corrected chi connectivity index (χ3v) is 5.74. The molecular weight excluding hydrogens is 433 g/mol. The largest absolute Gasteiger partial charge is 0.416 e. The van der Waals surface area contributed by atoms with Crippen LogP contribution in [0.3, 0.4) is 0 Å². The average molecular weight is 456 g/mol. The van der Waals surface area contributed by atoms with Crippen LogP contribution in [0.15, 0.2) is 48.5 Å². The number of halogens is 3. The number of para-hydroxylation sites is 2. The second-order valence-electron chi connectivity index (χ2n) is 8.00. The van der Waals surface area contributed by atoms with Crippen LogP contribution in [0.4, 0.5) is 24.5 Å². The van der Waals surface area contributed by atoms with Crippen LogP contribution in [0.1, 0.15) is 40.2 Å². The van der Waals surface area contributed by atoms with Gasteiger partial charge in [0.1, 0.15) is 0 Å². The van der Waals surface area contributed by atoms with Crippen LogP contribution in [0.5, 0.6) is 0 Å². The van der Waals surface area contributed by atoms with E-state index in [2.05, 4.69) is 15.3 Å². The van der Waals surface area contributed by atoms with Gasteiger partial charge in [-0.25, -0.2) is 4.68 Å². The van der Waals surface area contributed by atoms with Crippen molar-refractivity contribution in [2.45, 2.75) is 32.9 Å². The summed E-state index contributed by atoms with van der Waals surface area (Å²) in [6, 6.07) is 12.0. The molecule has 33 heavy (non-hydrogen) atoms. The second kappa shape index (κ2) is 8.73. The predicted molar refractivity (Wildman–Crippen MR) is 119 cm³/mol. The monoisotopic (exact) mass is 456 g/mol. The number of Topliss-reactive ketones (excluding diaryl/α,β-unsaturated/α-hetero) is 1. The summed E-state index contributed by atoms with van der Waals surface area (Å²) in [5.74, 6) is -1.61. The van der Waals surface area contributed by atoms with E-state index in [4.69, 9.17) is 0 Å². The Kier molecular flexibility index (Phi) is 5.97. The van der Waals surface area contributed by atoms with Crippen molar-refractivity contribution in [2.24, 2.45) is 0 Å². The number of alkyl halides is 3. The van der Waals surface area contributed by atoms with Crippen molar-refractivity contribution >= 4 is 23.1 Å². The zero-order valence-electron chi connectivity index (χ0n) is 18.2. The van der Waals surface area contributed by atoms with Gasteiger partial charge in [0.15, 0.2) is 0 Å². The zero-order chi connectivity index (χ0) is 23.8. The summed E-state index contributed by atoms with van der Waals surface area (Å²) in [5.41, 5.74) is 1.35. The van der Waals surface area contributed by atoms with Gasteiger partial charge in [0.2, 0.25) is 0 Å². The SMILES string of the molecule is Cc1nn(-c2cccc(C(F)(F)F)c2)c(C)c1C(=O)C(=O)Nc1ccccc1N1CCCC1. The van der Waals surface area contributed by atoms with Gasteiger partial charge in [0.05, 0.1) is 39.6 Å². The highest BCUT2D eigenvalue weighted by Gasteiger charge is 2.31. The number of carbonyl (C=O) groups is 2. The predicted octanol–water partition coefficient (Wildman–Crippen LogP) is 4.93. The van der Waals surface area contributed by atoms with Crippen LogP contribution < -0.4 is 10.2 Å². The number of hydrogen-bond acceptors (Lipinski definition) is 4. The molecule has 6 nitrogen and oxygen atoms in total. The van der Waals surface area contributed by atoms with Gasteiger partial charge >= 0.3 is 6.18 Å². The van der Waals surface area contributed by atoms with Crippen molar-refractivity contribution in [1.82, 2.24) is 9.78 Å². The van der Waals surface area contributed by atoms with Crippen molar-refractivity contribution in [3.05, 3.63) is 71.0 Å². The molecule has 1 aliphatic rings. The lowest BCUT2D eigenvalue weighted by molar-refractivity contribution is -0.137. The highest BCUT2D eigenvalue weighted by Crippen LogP contribution is 2.31. The number of carbonyl (C=O) groups excluding carboxylic acids is 2. The van der Waals surface area contributed by atoms with Gasteiger partial charge in [-0.15, -0.1) is 0 Å². The van der Waals surface area contributed by atoms with Crippen LogP contribution in [0.25, 0.3) is 5.69 Å². The molecule has 4 rings (SSSR count). The lowest BCUT2D eigenvalue weighted by Crippen LogP contribution is -2.26. The number of amides is 1. The Morgan fingerprint density at radius 3 is 2.39 bits per heavy atom. The first-order valence-corrected chi connectivity index (χ1v) is 10.6. The topological polar surface area (TPSA) is 67.2 Å². The maximum Gasteiger partial charge on any atom is 0.416 e. The third kappa shape index (κ3) is 4.48. The van der Waals surface area contributed by atoms with E-state index < -0.39 is 23.4 Å². The summed E-state index contributed by atoms with van der Waals surface area (Å²) in [4.78, 5) is 28.0. The fourth-order valence-electron chi connectivity index (χ4n) is 4.14. The molecule has 9 heteroatoms. The smallest absolute Gasteiger partial charge is 0.370 e. The van der Waals surface area contributed by atoms with Crippen LogP contribution >= 0.6 is 0 Å². The van der Waals surface area contributed by atoms with E-state index in [1.165, 1.54) is 16.8 Å². The Morgan fingerprint density at radius 1 is 1.00 bits per heavy atom. The number of aromatic nitrogens is 2. The van der Waals surface area contributed by atoms with E-state index in [-0.39, 0.29) is 16.9 Å². The van der Waals surface area contributed by atoms with Gasteiger partial charge in [-0.3, -0.25) is 9.59 Å². The van der Waals surface area contributed by atoms with Crippen LogP contribution in [0, 0.1) is 13.8 Å². The molecule has 0 atom stereocenters. The molecule has 172 valence electrons. The van der Waals surface area contributed by atoms with Gasteiger partial charge in [0, 0.05) is 13.1 Å². The van der Waals surface area contributed by atoms with Gasteiger partial charge in [0.25, 0.3) is 11.7 Å². The lowest BCUT2D eigenvalue weighted by Gasteiger charge is -2.21. The first kappa shape index (κ1) is 22.6. The maximum absolute atomic E-state index is 13.1. The van der Waals surface area contributed by atoms with Crippen molar-refractivity contribution in [1.29, 1.82) is 0 Å². The van der Waals surface area contributed by atoms with Crippen molar-refractivity contribution in [2.75, 3.05) is 23.3 Å². The fraction of sp³-hybridized carbons (Fsp3) is 0.292. The standard InChI is InChI=1S/C24H23F3N4O2/c1-15-21(16(2)31(29-15)18-9-7-8-17(14-18)24(25,26)27)22(32)23(33)28-19-10-3-4-11-20(19)30-12-5-6-13-30/h3-4,7-11,14H,5-6,12-13H2,1-2H3,(H,28,33). The Bertz CT molecular complexity index is 1210. The Labute approximate surface area is 189 Å². The maximum atomic E-state index is 13.1. The highest BCUT2D eigenvalue weighted by molar-refractivity contribution is 6.47. The summed E-state index contributed by atoms with van der Waals surface area (Å²) in [5, 5.41) is 6.94. The minimum absolute atomic E-state index is 0.0727. The number of hydrogen-bond donors (Lipinski definition) is 1. The molecule has 1 N–H and O–H groups in total. The van der Waals surface area contributed by atoms with Crippen LogP contribution in [-0.2, 0) is 11.0 Å². The minimum Gasteiger partial charge on any atom is -0.370 e. The van der Waals surface area contributed by atoms with E-state index in [0.29, 0.717) is 11.4 Å². The molecule has 0 radical (unpaired) electrons. The van der Waals surface area contributed by atoms with Crippen molar-refractivity contribution < 1.29 is 22.8 Å². The average Bonchev–Trinajstić information content (AvgIpc) is 3.41. The molecule has 2 aromatic carbocycles. The number of rotatable bonds is 5. The highest BCUT2D eigenvalue weighted by atomic mass is 19.4. The molecule has 0 saturated carbocycles. The summed E-state index contributed by atoms with van der Waals surface area (Å²) in [7, 11) is 0. The van der Waals surface area contributed by atoms with Crippen LogP contribution in [0.2, 0.25) is 0 Å². The number of anilines is 2. The Morgan fingerprint density at radius 2 is 1.70 bits per heavy atom. The normalized spacial score (nSPS) is 13.9. The van der Waals surface area contributed by atoms with Gasteiger partial charge in [-0.1, -0.05) is 18.2 Å². The summed E-state index contributed by atoms with van der Waals surface area (Å²) in [6.45, 7) is 4.86. The fourth-order valence-corrected chi connectivity index (χ4v) is 4.14. The molecule has 1 amide bonds. The molecule has 0 spiro atoms. The molecule has 0 unspecified atom stereocenters. The van der Waals surface area contributed by atoms with Crippen molar-refractivity contribution in [3.8, 4) is 5.69 Å². The molecule has 3 aromatic rings. The van der Waals surface area contributed by atoms with Crippen LogP contribution in [-0.4, -0.2) is 34.6 Å².